The van der Waals surface area contributed by atoms with E-state index in [-0.39, 0.29) is 30.0 Å². The number of hydrogen-bond donors (Lipinski definition) is 3. The fourth-order valence-electron chi connectivity index (χ4n) is 1.55. The Morgan fingerprint density at radius 3 is 2.40 bits per heavy atom. The molecule has 0 atom stereocenters. The maximum Gasteiger partial charge on any atom is 0.389 e. The second-order valence-electron chi connectivity index (χ2n) is 4.11. The van der Waals surface area contributed by atoms with Gasteiger partial charge in [-0.05, 0) is 25.0 Å². The van der Waals surface area contributed by atoms with Crippen molar-refractivity contribution in [3.63, 3.8) is 0 Å². The molecule has 1 aromatic rings. The van der Waals surface area contributed by atoms with Crippen LogP contribution in [0.5, 0.6) is 0 Å². The summed E-state index contributed by atoms with van der Waals surface area (Å²) in [5, 5.41) is 0. The van der Waals surface area contributed by atoms with Gasteiger partial charge >= 0.3 is 6.18 Å². The lowest BCUT2D eigenvalue weighted by Gasteiger charge is -2.11. The average molecular weight is 311 g/mol. The van der Waals surface area contributed by atoms with E-state index in [9.17, 15) is 21.6 Å². The highest BCUT2D eigenvalue weighted by Gasteiger charge is 2.26. The summed E-state index contributed by atoms with van der Waals surface area (Å²) in [6.07, 6.45) is -5.15. The Bertz CT molecular complexity index is 532. The summed E-state index contributed by atoms with van der Waals surface area (Å²) < 4.78 is 61.9. The van der Waals surface area contributed by atoms with Gasteiger partial charge in [0.25, 0.3) is 0 Å². The van der Waals surface area contributed by atoms with Gasteiger partial charge in [-0.1, -0.05) is 12.1 Å². The number of sulfonamides is 1. The molecule has 4 N–H and O–H groups in total. The second kappa shape index (κ2) is 6.91. The maximum atomic E-state index is 11.9. The first-order valence-electron chi connectivity index (χ1n) is 5.88. The molecule has 0 saturated heterocycles. The van der Waals surface area contributed by atoms with E-state index >= 15 is 0 Å². The van der Waals surface area contributed by atoms with Crippen LogP contribution in [0.2, 0.25) is 0 Å². The fraction of sp³-hybridized carbons (Fsp3) is 0.455. The molecule has 0 heterocycles. The van der Waals surface area contributed by atoms with Gasteiger partial charge < -0.3 is 5.43 Å². The third-order valence-electron chi connectivity index (χ3n) is 2.51. The molecule has 0 saturated carbocycles. The minimum atomic E-state index is -4.21. The molecule has 0 bridgehead atoms. The van der Waals surface area contributed by atoms with Gasteiger partial charge in [0.15, 0.2) is 0 Å². The Hall–Kier alpha value is -1.32. The number of hydrazine groups is 1. The lowest BCUT2D eigenvalue weighted by Crippen LogP contribution is -2.26. The van der Waals surface area contributed by atoms with E-state index in [0.717, 1.165) is 0 Å². The largest absolute Gasteiger partial charge is 0.389 e. The zero-order valence-corrected chi connectivity index (χ0v) is 11.4. The fourth-order valence-corrected chi connectivity index (χ4v) is 2.80. The van der Waals surface area contributed by atoms with Crippen molar-refractivity contribution in [2.75, 3.05) is 12.0 Å². The van der Waals surface area contributed by atoms with Crippen molar-refractivity contribution in [2.45, 2.75) is 30.3 Å². The van der Waals surface area contributed by atoms with Crippen LogP contribution in [0, 0.1) is 0 Å². The molecule has 114 valence electrons. The number of nitrogen functional groups attached to an aromatic ring is 1. The van der Waals surface area contributed by atoms with Crippen LogP contribution in [0.15, 0.2) is 29.2 Å². The van der Waals surface area contributed by atoms with E-state index in [2.05, 4.69) is 10.1 Å². The van der Waals surface area contributed by atoms with E-state index in [4.69, 9.17) is 5.84 Å². The van der Waals surface area contributed by atoms with Gasteiger partial charge in [-0.2, -0.15) is 13.2 Å². The Balaban J connectivity index is 2.54. The first-order chi connectivity index (χ1) is 9.26. The third-order valence-corrected chi connectivity index (χ3v) is 4.03. The molecule has 0 spiro atoms. The minimum absolute atomic E-state index is 0.0432. The van der Waals surface area contributed by atoms with Gasteiger partial charge in [-0.25, -0.2) is 13.1 Å². The summed E-state index contributed by atoms with van der Waals surface area (Å²) in [5.74, 6) is 5.20. The number of benzene rings is 1. The van der Waals surface area contributed by atoms with Crippen molar-refractivity contribution < 1.29 is 21.6 Å². The number of unbranched alkanes of at least 4 members (excludes halogenated alkanes) is 1. The molecule has 0 aromatic heterocycles. The third kappa shape index (κ3) is 5.35. The van der Waals surface area contributed by atoms with Gasteiger partial charge in [0.2, 0.25) is 10.0 Å². The van der Waals surface area contributed by atoms with Crippen molar-refractivity contribution >= 4 is 15.7 Å². The van der Waals surface area contributed by atoms with Crippen LogP contribution >= 0.6 is 0 Å². The second-order valence-corrected chi connectivity index (χ2v) is 5.85. The first kappa shape index (κ1) is 16.7. The molecule has 1 aromatic carbocycles. The standard InChI is InChI=1S/C11H16F3N3O2S/c12-11(13,14)7-3-4-8-16-20(18,19)10-6-2-1-5-9(10)17-15/h1-2,5-6,16-17H,3-4,7-8,15H2. The van der Waals surface area contributed by atoms with E-state index in [1.807, 2.05) is 0 Å². The maximum absolute atomic E-state index is 11.9. The van der Waals surface area contributed by atoms with Crippen LogP contribution in [-0.2, 0) is 10.0 Å². The summed E-state index contributed by atoms with van der Waals surface area (Å²) in [6, 6.07) is 5.97. The van der Waals surface area contributed by atoms with Gasteiger partial charge in [-0.15, -0.1) is 0 Å². The smallest absolute Gasteiger partial charge is 0.323 e. The normalized spacial score (nSPS) is 12.4. The SMILES string of the molecule is NNc1ccccc1S(=O)(=O)NCCCCC(F)(F)F. The van der Waals surface area contributed by atoms with Crippen LogP contribution in [-0.4, -0.2) is 21.1 Å². The van der Waals surface area contributed by atoms with E-state index in [1.54, 1.807) is 6.07 Å². The van der Waals surface area contributed by atoms with E-state index in [0.29, 0.717) is 0 Å². The van der Waals surface area contributed by atoms with Crippen molar-refractivity contribution in [3.05, 3.63) is 24.3 Å². The van der Waals surface area contributed by atoms with E-state index < -0.39 is 22.6 Å². The quantitative estimate of drug-likeness (QED) is 0.408. The van der Waals surface area contributed by atoms with Gasteiger partial charge in [0.05, 0.1) is 5.69 Å². The van der Waals surface area contributed by atoms with Gasteiger partial charge in [0.1, 0.15) is 4.90 Å². The number of rotatable bonds is 7. The number of alkyl halides is 3. The van der Waals surface area contributed by atoms with Gasteiger partial charge in [0, 0.05) is 13.0 Å². The molecule has 20 heavy (non-hydrogen) atoms. The lowest BCUT2D eigenvalue weighted by molar-refractivity contribution is -0.135. The monoisotopic (exact) mass is 311 g/mol. The lowest BCUT2D eigenvalue weighted by atomic mass is 10.2. The van der Waals surface area contributed by atoms with Crippen LogP contribution in [0.1, 0.15) is 19.3 Å². The van der Waals surface area contributed by atoms with Crippen LogP contribution in [0.4, 0.5) is 18.9 Å². The topological polar surface area (TPSA) is 84.2 Å². The number of hydrogen-bond acceptors (Lipinski definition) is 4. The predicted octanol–water partition coefficient (Wildman–Crippen LogP) is 1.98. The van der Waals surface area contributed by atoms with Crippen molar-refractivity contribution in [1.29, 1.82) is 0 Å². The molecule has 9 heteroatoms. The van der Waals surface area contributed by atoms with Crippen LogP contribution < -0.4 is 16.0 Å². The molecule has 1 rings (SSSR count). The number of anilines is 1. The zero-order valence-electron chi connectivity index (χ0n) is 10.6. The first-order valence-corrected chi connectivity index (χ1v) is 7.36. The number of nitrogens with two attached hydrogens (primary N) is 1. The molecule has 0 unspecified atom stereocenters. The summed E-state index contributed by atoms with van der Waals surface area (Å²) in [5.41, 5.74) is 2.47. The molecule has 5 nitrogen and oxygen atoms in total. The predicted molar refractivity (Wildman–Crippen MR) is 69.3 cm³/mol. The number of halogens is 3. The molecule has 0 aliphatic heterocycles. The molecular weight excluding hydrogens is 295 g/mol. The molecule has 0 radical (unpaired) electrons. The summed E-state index contributed by atoms with van der Waals surface area (Å²) in [7, 11) is -3.79. The molecular formula is C11H16F3N3O2S. The Morgan fingerprint density at radius 1 is 1.15 bits per heavy atom. The zero-order chi connectivity index (χ0) is 15.2. The highest BCUT2D eigenvalue weighted by Crippen LogP contribution is 2.22. The van der Waals surface area contributed by atoms with Crippen molar-refractivity contribution in [2.24, 2.45) is 5.84 Å². The van der Waals surface area contributed by atoms with Crippen molar-refractivity contribution in [1.82, 2.24) is 4.72 Å². The molecule has 0 fully saturated rings. The molecule has 0 amide bonds. The summed E-state index contributed by atoms with van der Waals surface area (Å²) in [6.45, 7) is -0.0582. The highest BCUT2D eigenvalue weighted by molar-refractivity contribution is 7.89. The molecule has 0 aliphatic carbocycles. The number of nitrogens with one attached hydrogen (secondary N) is 2. The van der Waals surface area contributed by atoms with E-state index in [1.165, 1.54) is 18.2 Å². The van der Waals surface area contributed by atoms with Crippen LogP contribution in [0.25, 0.3) is 0 Å². The summed E-state index contributed by atoms with van der Waals surface area (Å²) in [4.78, 5) is -0.0432. The Labute approximate surface area is 115 Å². The Kier molecular flexibility index (Phi) is 5.78. The van der Waals surface area contributed by atoms with Crippen molar-refractivity contribution in [3.8, 4) is 0 Å². The van der Waals surface area contributed by atoms with Gasteiger partial charge in [-0.3, -0.25) is 5.84 Å². The number of para-hydroxylation sites is 1. The molecule has 0 aliphatic rings. The summed E-state index contributed by atoms with van der Waals surface area (Å²) >= 11 is 0. The average Bonchev–Trinajstić information content (AvgIpc) is 2.36. The Morgan fingerprint density at radius 2 is 1.80 bits per heavy atom. The minimum Gasteiger partial charge on any atom is -0.323 e. The highest BCUT2D eigenvalue weighted by atomic mass is 32.2. The van der Waals surface area contributed by atoms with Crippen LogP contribution in [0.3, 0.4) is 0 Å².